The maximum Gasteiger partial charge on any atom is 0.0537 e. The highest BCUT2D eigenvalue weighted by atomic mass is 32.2. The van der Waals surface area contributed by atoms with Crippen molar-refractivity contribution < 1.29 is 0 Å². The molecule has 0 radical (unpaired) electrons. The van der Waals surface area contributed by atoms with Gasteiger partial charge in [0.2, 0.25) is 0 Å². The maximum absolute atomic E-state index is 4.48. The molecule has 1 aliphatic rings. The molecule has 1 aromatic heterocycles. The Bertz CT molecular complexity index is 372. The van der Waals surface area contributed by atoms with Crippen molar-refractivity contribution >= 4 is 11.8 Å². The molecule has 4 heteroatoms. The molecular formula is C16H29N3S. The average molecular weight is 295 g/mol. The summed E-state index contributed by atoms with van der Waals surface area (Å²) in [7, 11) is 0. The van der Waals surface area contributed by atoms with E-state index < -0.39 is 0 Å². The van der Waals surface area contributed by atoms with Crippen LogP contribution in [0.4, 0.5) is 0 Å². The van der Waals surface area contributed by atoms with Crippen molar-refractivity contribution in [2.24, 2.45) is 0 Å². The lowest BCUT2D eigenvalue weighted by Crippen LogP contribution is -2.24. The molecule has 20 heavy (non-hydrogen) atoms. The molecule has 0 amide bonds. The van der Waals surface area contributed by atoms with Crippen molar-refractivity contribution in [3.63, 3.8) is 0 Å². The van der Waals surface area contributed by atoms with Crippen LogP contribution in [0.15, 0.2) is 12.4 Å². The lowest BCUT2D eigenvalue weighted by molar-refractivity contribution is 0.571. The summed E-state index contributed by atoms with van der Waals surface area (Å²) in [4.78, 5) is 0. The molecule has 1 fully saturated rings. The second-order valence-corrected chi connectivity index (χ2v) is 7.12. The molecule has 1 N–H and O–H groups in total. The van der Waals surface area contributed by atoms with Gasteiger partial charge in [-0.25, -0.2) is 0 Å². The highest BCUT2D eigenvalue weighted by molar-refractivity contribution is 7.99. The SMILES string of the molecule is CCCNC(CSC1CCCC1)c1cnn(CCC)c1. The third-order valence-electron chi connectivity index (χ3n) is 3.95. The van der Waals surface area contributed by atoms with Gasteiger partial charge >= 0.3 is 0 Å². The van der Waals surface area contributed by atoms with Gasteiger partial charge in [0, 0.05) is 35.3 Å². The largest absolute Gasteiger partial charge is 0.309 e. The molecule has 0 aliphatic heterocycles. The second kappa shape index (κ2) is 8.73. The van der Waals surface area contributed by atoms with Gasteiger partial charge in [-0.1, -0.05) is 26.7 Å². The van der Waals surface area contributed by atoms with Crippen LogP contribution in [-0.2, 0) is 6.54 Å². The van der Waals surface area contributed by atoms with Crippen LogP contribution in [-0.4, -0.2) is 27.3 Å². The molecule has 3 nitrogen and oxygen atoms in total. The summed E-state index contributed by atoms with van der Waals surface area (Å²) >= 11 is 2.16. The van der Waals surface area contributed by atoms with Crippen LogP contribution < -0.4 is 5.32 Å². The Morgan fingerprint density at radius 3 is 2.85 bits per heavy atom. The summed E-state index contributed by atoms with van der Waals surface area (Å²) < 4.78 is 2.08. The molecule has 1 unspecified atom stereocenters. The fourth-order valence-corrected chi connectivity index (χ4v) is 4.23. The standard InChI is InChI=1S/C16H29N3S/c1-3-9-17-16(13-20-15-7-5-6-8-15)14-11-18-19(12-14)10-4-2/h11-12,15-17H,3-10,13H2,1-2H3. The molecule has 0 bridgehead atoms. The quantitative estimate of drug-likeness (QED) is 0.746. The van der Waals surface area contributed by atoms with E-state index in [4.69, 9.17) is 0 Å². The molecule has 1 aromatic rings. The molecular weight excluding hydrogens is 266 g/mol. The van der Waals surface area contributed by atoms with Gasteiger partial charge < -0.3 is 5.32 Å². The van der Waals surface area contributed by atoms with Crippen LogP contribution in [0.5, 0.6) is 0 Å². The third-order valence-corrected chi connectivity index (χ3v) is 5.42. The smallest absolute Gasteiger partial charge is 0.0537 e. The van der Waals surface area contributed by atoms with E-state index in [1.54, 1.807) is 0 Å². The Kier molecular flexibility index (Phi) is 6.94. The van der Waals surface area contributed by atoms with E-state index in [2.05, 4.69) is 53.1 Å². The first-order valence-electron chi connectivity index (χ1n) is 8.20. The Morgan fingerprint density at radius 2 is 2.15 bits per heavy atom. The lowest BCUT2D eigenvalue weighted by Gasteiger charge is -2.19. The van der Waals surface area contributed by atoms with E-state index in [0.717, 1.165) is 24.8 Å². The second-order valence-electron chi connectivity index (χ2n) is 5.78. The Morgan fingerprint density at radius 1 is 1.35 bits per heavy atom. The van der Waals surface area contributed by atoms with Gasteiger partial charge in [-0.05, 0) is 32.2 Å². The van der Waals surface area contributed by atoms with Gasteiger partial charge in [-0.15, -0.1) is 0 Å². The number of hydrogen-bond donors (Lipinski definition) is 1. The van der Waals surface area contributed by atoms with Gasteiger partial charge in [0.25, 0.3) is 0 Å². The summed E-state index contributed by atoms with van der Waals surface area (Å²) in [5.74, 6) is 1.18. The normalized spacial score (nSPS) is 17.7. The first-order valence-corrected chi connectivity index (χ1v) is 9.25. The highest BCUT2D eigenvalue weighted by Gasteiger charge is 2.19. The van der Waals surface area contributed by atoms with Crippen LogP contribution in [0.3, 0.4) is 0 Å². The van der Waals surface area contributed by atoms with Crippen molar-refractivity contribution in [1.82, 2.24) is 15.1 Å². The minimum atomic E-state index is 0.464. The Balaban J connectivity index is 1.90. The van der Waals surface area contributed by atoms with E-state index in [0.29, 0.717) is 6.04 Å². The maximum atomic E-state index is 4.48. The zero-order chi connectivity index (χ0) is 14.2. The van der Waals surface area contributed by atoms with Crippen LogP contribution in [0.25, 0.3) is 0 Å². The van der Waals surface area contributed by atoms with Gasteiger partial charge in [0.15, 0.2) is 0 Å². The molecule has 0 spiro atoms. The number of nitrogens with one attached hydrogen (secondary N) is 1. The number of aryl methyl sites for hydroxylation is 1. The lowest BCUT2D eigenvalue weighted by atomic mass is 10.2. The first kappa shape index (κ1) is 15.9. The topological polar surface area (TPSA) is 29.9 Å². The third kappa shape index (κ3) is 4.81. The molecule has 114 valence electrons. The van der Waals surface area contributed by atoms with Gasteiger partial charge in [0.1, 0.15) is 0 Å². The van der Waals surface area contributed by atoms with Crippen LogP contribution in [0.2, 0.25) is 0 Å². The van der Waals surface area contributed by atoms with E-state index in [9.17, 15) is 0 Å². The summed E-state index contributed by atoms with van der Waals surface area (Å²) in [5.41, 5.74) is 1.36. The Labute approximate surface area is 127 Å². The molecule has 1 aliphatic carbocycles. The highest BCUT2D eigenvalue weighted by Crippen LogP contribution is 2.32. The monoisotopic (exact) mass is 295 g/mol. The molecule has 1 heterocycles. The van der Waals surface area contributed by atoms with Crippen LogP contribution in [0, 0.1) is 0 Å². The predicted octanol–water partition coefficient (Wildman–Crippen LogP) is 4.01. The van der Waals surface area contributed by atoms with Crippen LogP contribution in [0.1, 0.15) is 64.0 Å². The first-order chi connectivity index (χ1) is 9.83. The van der Waals surface area contributed by atoms with Crippen molar-refractivity contribution in [2.45, 2.75) is 70.2 Å². The summed E-state index contributed by atoms with van der Waals surface area (Å²) in [6.07, 6.45) is 12.3. The number of rotatable bonds is 9. The molecule has 1 saturated carbocycles. The van der Waals surface area contributed by atoms with E-state index >= 15 is 0 Å². The average Bonchev–Trinajstić information content (AvgIpc) is 3.11. The number of aromatic nitrogens is 2. The zero-order valence-electron chi connectivity index (χ0n) is 13.0. The molecule has 1 atom stereocenters. The van der Waals surface area contributed by atoms with Gasteiger partial charge in [-0.3, -0.25) is 4.68 Å². The Hall–Kier alpha value is -0.480. The molecule has 0 aromatic carbocycles. The van der Waals surface area contributed by atoms with Crippen LogP contribution >= 0.6 is 11.8 Å². The zero-order valence-corrected chi connectivity index (χ0v) is 13.8. The molecule has 0 saturated heterocycles. The van der Waals surface area contributed by atoms with Crippen molar-refractivity contribution in [3.8, 4) is 0 Å². The minimum Gasteiger partial charge on any atom is -0.309 e. The number of hydrogen-bond acceptors (Lipinski definition) is 3. The number of nitrogens with zero attached hydrogens (tertiary/aromatic N) is 2. The fourth-order valence-electron chi connectivity index (χ4n) is 2.79. The minimum absolute atomic E-state index is 0.464. The fraction of sp³-hybridized carbons (Fsp3) is 0.812. The summed E-state index contributed by atoms with van der Waals surface area (Å²) in [6, 6.07) is 0.464. The van der Waals surface area contributed by atoms with Crippen molar-refractivity contribution in [1.29, 1.82) is 0 Å². The van der Waals surface area contributed by atoms with E-state index in [1.807, 2.05) is 0 Å². The predicted molar refractivity (Wildman–Crippen MR) is 88.3 cm³/mol. The van der Waals surface area contributed by atoms with E-state index in [-0.39, 0.29) is 0 Å². The van der Waals surface area contributed by atoms with Crippen molar-refractivity contribution in [2.75, 3.05) is 12.3 Å². The number of thioether (sulfide) groups is 1. The van der Waals surface area contributed by atoms with Crippen molar-refractivity contribution in [3.05, 3.63) is 18.0 Å². The van der Waals surface area contributed by atoms with Gasteiger partial charge in [-0.2, -0.15) is 16.9 Å². The van der Waals surface area contributed by atoms with E-state index in [1.165, 1.54) is 43.4 Å². The van der Waals surface area contributed by atoms with Gasteiger partial charge in [0.05, 0.1) is 6.20 Å². The summed E-state index contributed by atoms with van der Waals surface area (Å²) in [6.45, 7) is 6.55. The molecule has 2 rings (SSSR count). The summed E-state index contributed by atoms with van der Waals surface area (Å²) in [5, 5.41) is 9.07.